The van der Waals surface area contributed by atoms with Crippen LogP contribution in [0.15, 0.2) is 4.52 Å². The van der Waals surface area contributed by atoms with Crippen LogP contribution in [0.3, 0.4) is 0 Å². The highest BCUT2D eigenvalue weighted by atomic mass is 32.2. The van der Waals surface area contributed by atoms with Crippen molar-refractivity contribution in [2.75, 3.05) is 25.1 Å². The van der Waals surface area contributed by atoms with Gasteiger partial charge in [-0.2, -0.15) is 4.98 Å². The molecule has 0 radical (unpaired) electrons. The molecule has 1 aromatic rings. The predicted molar refractivity (Wildman–Crippen MR) is 71.6 cm³/mol. The van der Waals surface area contributed by atoms with Crippen LogP contribution in [0.2, 0.25) is 0 Å². The van der Waals surface area contributed by atoms with E-state index in [1.807, 2.05) is 13.8 Å². The Morgan fingerprint density at radius 2 is 2.21 bits per heavy atom. The molecule has 2 heterocycles. The van der Waals surface area contributed by atoms with E-state index >= 15 is 0 Å². The second-order valence-corrected chi connectivity index (χ2v) is 7.73. The van der Waals surface area contributed by atoms with E-state index in [4.69, 9.17) is 4.52 Å². The summed E-state index contributed by atoms with van der Waals surface area (Å²) in [5, 5.41) is 4.04. The van der Waals surface area contributed by atoms with Gasteiger partial charge in [0.2, 0.25) is 5.89 Å². The minimum atomic E-state index is -2.93. The van der Waals surface area contributed by atoms with Gasteiger partial charge in [0.15, 0.2) is 5.82 Å². The van der Waals surface area contributed by atoms with Gasteiger partial charge in [-0.1, -0.05) is 19.0 Å². The smallest absolute Gasteiger partial charge is 0.229 e. The van der Waals surface area contributed by atoms with Gasteiger partial charge in [0, 0.05) is 18.7 Å². The lowest BCUT2D eigenvalue weighted by Crippen LogP contribution is -2.29. The summed E-state index contributed by atoms with van der Waals surface area (Å²) in [6.07, 6.45) is 3.27. The SMILES string of the molecule is CC(C)c1nc([C@@H]2CCCN2CCS(C)(=O)=O)no1. The molecule has 0 N–H and O–H groups in total. The summed E-state index contributed by atoms with van der Waals surface area (Å²) in [5.41, 5.74) is 0. The number of aromatic nitrogens is 2. The Bertz CT molecular complexity index is 524. The third-order valence-corrected chi connectivity index (χ3v) is 4.29. The fourth-order valence-electron chi connectivity index (χ4n) is 2.29. The third-order valence-electron chi connectivity index (χ3n) is 3.36. The van der Waals surface area contributed by atoms with E-state index in [0.717, 1.165) is 19.4 Å². The van der Waals surface area contributed by atoms with Crippen molar-refractivity contribution in [3.63, 3.8) is 0 Å². The maximum Gasteiger partial charge on any atom is 0.229 e. The first kappa shape index (κ1) is 14.5. The first-order valence-corrected chi connectivity index (χ1v) is 8.68. The van der Waals surface area contributed by atoms with Gasteiger partial charge in [-0.15, -0.1) is 0 Å². The Balaban J connectivity index is 2.05. The van der Waals surface area contributed by atoms with Crippen molar-refractivity contribution >= 4 is 9.84 Å². The molecule has 1 saturated heterocycles. The molecular weight excluding hydrogens is 266 g/mol. The highest BCUT2D eigenvalue weighted by Crippen LogP contribution is 2.30. The Hall–Kier alpha value is -0.950. The Morgan fingerprint density at radius 3 is 2.79 bits per heavy atom. The van der Waals surface area contributed by atoms with E-state index in [-0.39, 0.29) is 17.7 Å². The van der Waals surface area contributed by atoms with Crippen molar-refractivity contribution < 1.29 is 12.9 Å². The Morgan fingerprint density at radius 1 is 1.47 bits per heavy atom. The zero-order chi connectivity index (χ0) is 14.0. The van der Waals surface area contributed by atoms with Crippen LogP contribution in [0.25, 0.3) is 0 Å². The summed E-state index contributed by atoms with van der Waals surface area (Å²) in [4.78, 5) is 6.55. The third kappa shape index (κ3) is 3.76. The van der Waals surface area contributed by atoms with Crippen molar-refractivity contribution in [3.05, 3.63) is 11.7 Å². The van der Waals surface area contributed by atoms with Crippen LogP contribution in [-0.4, -0.2) is 48.6 Å². The van der Waals surface area contributed by atoms with Gasteiger partial charge in [0.1, 0.15) is 9.84 Å². The number of sulfone groups is 1. The van der Waals surface area contributed by atoms with Crippen LogP contribution in [0.5, 0.6) is 0 Å². The lowest BCUT2D eigenvalue weighted by Gasteiger charge is -2.21. The van der Waals surface area contributed by atoms with E-state index in [1.54, 1.807) is 0 Å². The molecule has 0 spiro atoms. The lowest BCUT2D eigenvalue weighted by atomic mass is 10.2. The topological polar surface area (TPSA) is 76.3 Å². The summed E-state index contributed by atoms with van der Waals surface area (Å²) in [5.74, 6) is 1.73. The predicted octanol–water partition coefficient (Wildman–Crippen LogP) is 1.37. The number of likely N-dealkylation sites (tertiary alicyclic amines) is 1. The van der Waals surface area contributed by atoms with E-state index in [0.29, 0.717) is 18.3 Å². The van der Waals surface area contributed by atoms with E-state index in [2.05, 4.69) is 15.0 Å². The lowest BCUT2D eigenvalue weighted by molar-refractivity contribution is 0.255. The maximum absolute atomic E-state index is 11.2. The summed E-state index contributed by atoms with van der Waals surface area (Å²) >= 11 is 0. The van der Waals surface area contributed by atoms with Crippen molar-refractivity contribution in [3.8, 4) is 0 Å². The normalized spacial score (nSPS) is 21.4. The molecule has 1 fully saturated rings. The fraction of sp³-hybridized carbons (Fsp3) is 0.833. The Kier molecular flexibility index (Phi) is 4.25. The number of rotatable bonds is 5. The maximum atomic E-state index is 11.2. The van der Waals surface area contributed by atoms with E-state index in [1.165, 1.54) is 6.26 Å². The zero-order valence-corrected chi connectivity index (χ0v) is 12.5. The molecule has 7 heteroatoms. The molecule has 2 rings (SSSR count). The van der Waals surface area contributed by atoms with Gasteiger partial charge in [0.25, 0.3) is 0 Å². The first-order chi connectivity index (χ1) is 8.87. The highest BCUT2D eigenvalue weighted by Gasteiger charge is 2.30. The molecule has 1 aromatic heterocycles. The number of nitrogens with zero attached hydrogens (tertiary/aromatic N) is 3. The van der Waals surface area contributed by atoms with Crippen LogP contribution in [-0.2, 0) is 9.84 Å². The van der Waals surface area contributed by atoms with Gasteiger partial charge in [-0.3, -0.25) is 4.90 Å². The minimum Gasteiger partial charge on any atom is -0.339 e. The average Bonchev–Trinajstić information content (AvgIpc) is 2.93. The molecule has 108 valence electrons. The van der Waals surface area contributed by atoms with Crippen LogP contribution in [0.4, 0.5) is 0 Å². The van der Waals surface area contributed by atoms with Crippen molar-refractivity contribution in [1.29, 1.82) is 0 Å². The molecule has 1 aliphatic rings. The second-order valence-electron chi connectivity index (χ2n) is 5.47. The molecule has 6 nitrogen and oxygen atoms in total. The van der Waals surface area contributed by atoms with Gasteiger partial charge in [-0.05, 0) is 19.4 Å². The van der Waals surface area contributed by atoms with Crippen LogP contribution >= 0.6 is 0 Å². The van der Waals surface area contributed by atoms with Gasteiger partial charge in [-0.25, -0.2) is 8.42 Å². The highest BCUT2D eigenvalue weighted by molar-refractivity contribution is 7.90. The fourth-order valence-corrected chi connectivity index (χ4v) is 2.85. The average molecular weight is 287 g/mol. The summed E-state index contributed by atoms with van der Waals surface area (Å²) < 4.78 is 27.7. The van der Waals surface area contributed by atoms with Crippen LogP contribution in [0.1, 0.15) is 50.4 Å². The molecule has 1 aliphatic heterocycles. The van der Waals surface area contributed by atoms with Gasteiger partial charge in [0.05, 0.1) is 11.8 Å². The molecule has 1 atom stereocenters. The quantitative estimate of drug-likeness (QED) is 0.814. The molecular formula is C12H21N3O3S. The van der Waals surface area contributed by atoms with Gasteiger partial charge < -0.3 is 4.52 Å². The molecule has 0 aromatic carbocycles. The number of hydrogen-bond acceptors (Lipinski definition) is 6. The van der Waals surface area contributed by atoms with Crippen LogP contribution < -0.4 is 0 Å². The zero-order valence-electron chi connectivity index (χ0n) is 11.7. The summed E-state index contributed by atoms with van der Waals surface area (Å²) in [6.45, 7) is 5.45. The molecule has 0 aliphatic carbocycles. The van der Waals surface area contributed by atoms with Crippen molar-refractivity contribution in [2.45, 2.75) is 38.6 Å². The largest absolute Gasteiger partial charge is 0.339 e. The summed E-state index contributed by atoms with van der Waals surface area (Å²) in [7, 11) is -2.93. The van der Waals surface area contributed by atoms with Gasteiger partial charge >= 0.3 is 0 Å². The van der Waals surface area contributed by atoms with E-state index in [9.17, 15) is 8.42 Å². The van der Waals surface area contributed by atoms with Crippen molar-refractivity contribution in [1.82, 2.24) is 15.0 Å². The molecule has 0 unspecified atom stereocenters. The van der Waals surface area contributed by atoms with Crippen LogP contribution in [0, 0.1) is 0 Å². The molecule has 0 bridgehead atoms. The second kappa shape index (κ2) is 5.58. The molecule has 0 amide bonds. The summed E-state index contributed by atoms with van der Waals surface area (Å²) in [6, 6.07) is 0.0954. The first-order valence-electron chi connectivity index (χ1n) is 6.62. The molecule has 19 heavy (non-hydrogen) atoms. The number of hydrogen-bond donors (Lipinski definition) is 0. The monoisotopic (exact) mass is 287 g/mol. The van der Waals surface area contributed by atoms with Crippen molar-refractivity contribution in [2.24, 2.45) is 0 Å². The Labute approximate surface area is 114 Å². The van der Waals surface area contributed by atoms with E-state index < -0.39 is 9.84 Å². The standard InChI is InChI=1S/C12H21N3O3S/c1-9(2)12-13-11(14-18-12)10-5-4-6-15(10)7-8-19(3,16)17/h9-10H,4-8H2,1-3H3/t10-/m0/s1. The molecule has 0 saturated carbocycles. The minimum absolute atomic E-state index is 0.0954.